The first-order valence-electron chi connectivity index (χ1n) is 13.3. The zero-order valence-corrected chi connectivity index (χ0v) is 14.0. The lowest BCUT2D eigenvalue weighted by Gasteiger charge is -2.17. The van der Waals surface area contributed by atoms with Crippen molar-refractivity contribution in [2.45, 2.75) is 0 Å². The van der Waals surface area contributed by atoms with Crippen molar-refractivity contribution < 1.29 is 13.7 Å². The molecule has 0 saturated carbocycles. The zero-order valence-electron chi connectivity index (χ0n) is 24.0. The molecule has 0 radical (unpaired) electrons. The molecule has 128 valence electrons. The summed E-state index contributed by atoms with van der Waals surface area (Å²) in [7, 11) is 0. The van der Waals surface area contributed by atoms with Crippen molar-refractivity contribution >= 4 is 11.0 Å². The molecule has 2 nitrogen and oxygen atoms in total. The van der Waals surface area contributed by atoms with Crippen LogP contribution in [0, 0.1) is 0 Å². The van der Waals surface area contributed by atoms with Crippen molar-refractivity contribution in [3.63, 3.8) is 0 Å². The Morgan fingerprint density at radius 3 is 1.89 bits per heavy atom. The molecule has 1 heterocycles. The maximum absolute atomic E-state index is 8.56. The van der Waals surface area contributed by atoms with Gasteiger partial charge in [0.05, 0.1) is 30.4 Å². The number of para-hydroxylation sites is 3. The van der Waals surface area contributed by atoms with Gasteiger partial charge >= 0.3 is 0 Å². The predicted octanol–water partition coefficient (Wildman–Crippen LogP) is 6.36. The largest absolute Gasteiger partial charge is 0.298 e. The van der Waals surface area contributed by atoms with Gasteiger partial charge in [0.1, 0.15) is 6.33 Å². The molecule has 0 saturated heterocycles. The van der Waals surface area contributed by atoms with E-state index in [-0.39, 0.29) is 27.9 Å². The third-order valence-corrected chi connectivity index (χ3v) is 4.27. The molecule has 2 heteroatoms. The van der Waals surface area contributed by atoms with Crippen LogP contribution in [0.25, 0.3) is 39.0 Å². The number of aromatic nitrogens is 2. The second-order valence-corrected chi connectivity index (χ2v) is 5.81. The first-order chi connectivity index (χ1) is 17.6. The summed E-state index contributed by atoms with van der Waals surface area (Å²) in [4.78, 5) is 4.42. The molecule has 0 N–H and O–H groups in total. The summed E-state index contributed by atoms with van der Waals surface area (Å²) in [5, 5.41) is 0. The molecular formula is C25H18N2. The Labute approximate surface area is 172 Å². The molecule has 0 aliphatic heterocycles. The van der Waals surface area contributed by atoms with Gasteiger partial charge in [0.25, 0.3) is 0 Å². The molecule has 27 heavy (non-hydrogen) atoms. The minimum absolute atomic E-state index is 0.0759. The first kappa shape index (κ1) is 8.36. The lowest BCUT2D eigenvalue weighted by Crippen LogP contribution is -1.99. The van der Waals surface area contributed by atoms with Gasteiger partial charge < -0.3 is 0 Å². The molecule has 0 spiro atoms. The molecule has 5 aromatic rings. The van der Waals surface area contributed by atoms with Crippen LogP contribution in [-0.4, -0.2) is 9.55 Å². The van der Waals surface area contributed by atoms with Crippen LogP contribution < -0.4 is 0 Å². The monoisotopic (exact) mass is 356 g/mol. The Morgan fingerprint density at radius 1 is 0.667 bits per heavy atom. The van der Waals surface area contributed by atoms with Gasteiger partial charge in [-0.1, -0.05) is 90.8 Å². The average molecular weight is 356 g/mol. The maximum atomic E-state index is 8.56. The lowest BCUT2D eigenvalue weighted by molar-refractivity contribution is 1.10. The molecule has 1 aromatic heterocycles. The predicted molar refractivity (Wildman–Crippen MR) is 112 cm³/mol. The molecule has 0 aliphatic rings. The van der Waals surface area contributed by atoms with Gasteiger partial charge in [-0.3, -0.25) is 4.57 Å². The summed E-state index contributed by atoms with van der Waals surface area (Å²) in [6.07, 6.45) is 1.50. The lowest BCUT2D eigenvalue weighted by atomic mass is 9.95. The van der Waals surface area contributed by atoms with Crippen molar-refractivity contribution in [2.75, 3.05) is 0 Å². The van der Waals surface area contributed by atoms with Crippen LogP contribution in [0.2, 0.25) is 0 Å². The Balaban J connectivity index is 2.00. The highest BCUT2D eigenvalue weighted by molar-refractivity contribution is 5.89. The van der Waals surface area contributed by atoms with Crippen LogP contribution >= 0.6 is 0 Å². The Morgan fingerprint density at radius 2 is 1.26 bits per heavy atom. The summed E-state index contributed by atoms with van der Waals surface area (Å²) in [6.45, 7) is 0. The van der Waals surface area contributed by atoms with E-state index in [2.05, 4.69) is 4.98 Å². The SMILES string of the molecule is [2H]c1c([2H])c([2H])c(-c2cccc(-c3c([2H])c([2H])c([2H])c([2H])c3[2H])c2-n2cnc3ccccc32)c([2H])c1[2H]. The van der Waals surface area contributed by atoms with Crippen LogP contribution in [0.15, 0.2) is 109 Å². The van der Waals surface area contributed by atoms with E-state index in [0.717, 1.165) is 0 Å². The fourth-order valence-corrected chi connectivity index (χ4v) is 3.11. The van der Waals surface area contributed by atoms with Crippen molar-refractivity contribution in [3.05, 3.63) is 109 Å². The van der Waals surface area contributed by atoms with Gasteiger partial charge in [-0.25, -0.2) is 4.98 Å². The Hall–Kier alpha value is -3.65. The van der Waals surface area contributed by atoms with E-state index in [0.29, 0.717) is 11.0 Å². The Kier molecular flexibility index (Phi) is 2.04. The van der Waals surface area contributed by atoms with Crippen molar-refractivity contribution in [1.29, 1.82) is 0 Å². The topological polar surface area (TPSA) is 17.8 Å². The number of hydrogen-bond acceptors (Lipinski definition) is 1. The molecule has 0 aliphatic carbocycles. The molecular weight excluding hydrogens is 328 g/mol. The summed E-state index contributed by atoms with van der Waals surface area (Å²) in [6, 6.07) is 7.10. The van der Waals surface area contributed by atoms with Crippen molar-refractivity contribution in [2.24, 2.45) is 0 Å². The number of nitrogens with zero attached hydrogens (tertiary/aromatic N) is 2. The highest BCUT2D eigenvalue weighted by Gasteiger charge is 2.15. The van der Waals surface area contributed by atoms with E-state index < -0.39 is 60.4 Å². The molecule has 0 unspecified atom stereocenters. The Bertz CT molecular complexity index is 1600. The number of benzene rings is 4. The minimum Gasteiger partial charge on any atom is -0.298 e. The summed E-state index contributed by atoms with van der Waals surface area (Å²) >= 11 is 0. The summed E-state index contributed by atoms with van der Waals surface area (Å²) in [5.74, 6) is 0. The fourth-order valence-electron chi connectivity index (χ4n) is 3.11. The first-order valence-corrected chi connectivity index (χ1v) is 8.26. The minimum atomic E-state index is -0.532. The van der Waals surface area contributed by atoms with E-state index in [1.165, 1.54) is 6.33 Å². The molecule has 0 bridgehead atoms. The van der Waals surface area contributed by atoms with Crippen LogP contribution in [0.3, 0.4) is 0 Å². The highest BCUT2D eigenvalue weighted by atomic mass is 15.1. The van der Waals surface area contributed by atoms with Gasteiger partial charge in [-0.15, -0.1) is 0 Å². The van der Waals surface area contributed by atoms with Crippen LogP contribution in [0.4, 0.5) is 0 Å². The van der Waals surface area contributed by atoms with Gasteiger partial charge in [-0.05, 0) is 23.3 Å². The molecule has 0 fully saturated rings. The number of hydrogen-bond donors (Lipinski definition) is 0. The standard InChI is InChI=1S/C25H18N2/c1-3-10-19(11-4-1)21-14-9-15-22(20-12-5-2-6-13-20)25(21)27-18-26-23-16-7-8-17-24(23)27/h1-18H/i1D,2D,3D,4D,5D,6D,10D,11D,12D,13D. The van der Waals surface area contributed by atoms with Crippen LogP contribution in [0.1, 0.15) is 13.7 Å². The number of rotatable bonds is 3. The van der Waals surface area contributed by atoms with E-state index in [1.807, 2.05) is 0 Å². The normalized spacial score (nSPS) is 16.1. The third-order valence-electron chi connectivity index (χ3n) is 4.27. The second-order valence-electron chi connectivity index (χ2n) is 5.81. The van der Waals surface area contributed by atoms with Gasteiger partial charge in [0.15, 0.2) is 0 Å². The fraction of sp³-hybridized carbons (Fsp3) is 0. The molecule has 0 amide bonds. The van der Waals surface area contributed by atoms with E-state index in [9.17, 15) is 0 Å². The highest BCUT2D eigenvalue weighted by Crippen LogP contribution is 2.36. The second kappa shape index (κ2) is 6.58. The zero-order chi connectivity index (χ0) is 26.8. The molecule has 5 rings (SSSR count). The third kappa shape index (κ3) is 2.72. The van der Waals surface area contributed by atoms with E-state index >= 15 is 0 Å². The molecule has 4 aromatic carbocycles. The van der Waals surface area contributed by atoms with Gasteiger partial charge in [0, 0.05) is 11.1 Å². The molecule has 0 atom stereocenters. The van der Waals surface area contributed by atoms with Crippen molar-refractivity contribution in [1.82, 2.24) is 9.55 Å². The maximum Gasteiger partial charge on any atom is 0.100 e. The van der Waals surface area contributed by atoms with Crippen molar-refractivity contribution in [3.8, 4) is 27.9 Å². The quantitative estimate of drug-likeness (QED) is 0.368. The smallest absolute Gasteiger partial charge is 0.100 e. The van der Waals surface area contributed by atoms with Crippen LogP contribution in [0.5, 0.6) is 0 Å². The number of fused-ring (bicyclic) bond motifs is 1. The van der Waals surface area contributed by atoms with E-state index in [4.69, 9.17) is 13.7 Å². The van der Waals surface area contributed by atoms with E-state index in [1.54, 1.807) is 47.0 Å². The summed E-state index contributed by atoms with van der Waals surface area (Å²) < 4.78 is 84.5. The number of imidazole rings is 1. The van der Waals surface area contributed by atoms with Crippen LogP contribution in [-0.2, 0) is 0 Å². The summed E-state index contributed by atoms with van der Waals surface area (Å²) in [5.41, 5.74) is 1.81. The van der Waals surface area contributed by atoms with Gasteiger partial charge in [-0.2, -0.15) is 0 Å². The van der Waals surface area contributed by atoms with Gasteiger partial charge in [0.2, 0.25) is 0 Å². The average Bonchev–Trinajstić information content (AvgIpc) is 3.33.